The van der Waals surface area contributed by atoms with E-state index in [-0.39, 0.29) is 0 Å². The van der Waals surface area contributed by atoms with Crippen LogP contribution in [0.3, 0.4) is 0 Å². The maximum atomic E-state index is 5.84. The second-order valence-corrected chi connectivity index (χ2v) is 14.8. The van der Waals surface area contributed by atoms with Gasteiger partial charge in [0.25, 0.3) is 0 Å². The van der Waals surface area contributed by atoms with Crippen LogP contribution in [0.15, 0.2) is 36.4 Å². The molecule has 0 saturated carbocycles. The third-order valence-electron chi connectivity index (χ3n) is 6.45. The summed E-state index contributed by atoms with van der Waals surface area (Å²) in [5, 5.41) is 0. The fourth-order valence-corrected chi connectivity index (χ4v) is 13.0. The van der Waals surface area contributed by atoms with Gasteiger partial charge >= 0.3 is 205 Å². The molecule has 2 fully saturated rings. The molecule has 2 saturated heterocycles. The average Bonchev–Trinajstić information content (AvgIpc) is 2.84. The molecule has 174 valence electrons. The molecule has 0 unspecified atom stereocenters. The molecule has 0 aliphatic carbocycles. The van der Waals surface area contributed by atoms with Crippen LogP contribution in [0.1, 0.15) is 49.7 Å². The van der Waals surface area contributed by atoms with E-state index in [2.05, 4.69) is 46.2 Å². The first-order valence-electron chi connectivity index (χ1n) is 11.9. The number of hydrogen-bond acceptors (Lipinski definition) is 4. The van der Waals surface area contributed by atoms with Crippen molar-refractivity contribution in [1.29, 1.82) is 0 Å². The standard InChI is InChI=1S/C26H36N2O2Se2/c1-29-23-13-9-11-21(19-27-15-5-3-6-16-27)25(23)31-32-26-22(12-10-14-24(26)30-2)20-28-17-7-4-8-18-28/h9-14H,3-8,15-20H2,1-2H3. The molecular weight excluding hydrogens is 530 g/mol. The Hall–Kier alpha value is -1.00. The quantitative estimate of drug-likeness (QED) is 0.436. The van der Waals surface area contributed by atoms with E-state index in [1.807, 2.05) is 14.2 Å². The Morgan fingerprint density at radius 1 is 0.625 bits per heavy atom. The molecule has 0 spiro atoms. The minimum atomic E-state index is 0.343. The normalized spacial score (nSPS) is 17.9. The van der Waals surface area contributed by atoms with Gasteiger partial charge in [0.15, 0.2) is 0 Å². The van der Waals surface area contributed by atoms with Gasteiger partial charge in [-0.1, -0.05) is 0 Å². The number of nitrogens with zero attached hydrogens (tertiary/aromatic N) is 2. The molecule has 0 amide bonds. The molecule has 2 aliphatic rings. The molecule has 2 aromatic carbocycles. The first-order valence-corrected chi connectivity index (χ1v) is 17.9. The first kappa shape index (κ1) is 24.1. The summed E-state index contributed by atoms with van der Waals surface area (Å²) < 4.78 is 14.6. The van der Waals surface area contributed by atoms with Crippen LogP contribution in [0.5, 0.6) is 11.5 Å². The minimum absolute atomic E-state index is 0.343. The predicted molar refractivity (Wildman–Crippen MR) is 135 cm³/mol. The van der Waals surface area contributed by atoms with Gasteiger partial charge in [-0.2, -0.15) is 0 Å². The fraction of sp³-hybridized carbons (Fsp3) is 0.538. The van der Waals surface area contributed by atoms with Gasteiger partial charge in [0, 0.05) is 0 Å². The van der Waals surface area contributed by atoms with Crippen LogP contribution in [0, 0.1) is 0 Å². The monoisotopic (exact) mass is 568 g/mol. The van der Waals surface area contributed by atoms with E-state index < -0.39 is 0 Å². The molecule has 2 aliphatic heterocycles. The number of likely N-dealkylation sites (tertiary alicyclic amines) is 2. The molecule has 0 aromatic heterocycles. The number of benzene rings is 2. The first-order chi connectivity index (χ1) is 15.8. The molecule has 2 heterocycles. The SMILES string of the molecule is COc1cccc(CN2CCCCC2)c1[Se][Se]c1c(CN2CCCCC2)cccc1OC. The summed E-state index contributed by atoms with van der Waals surface area (Å²) in [5.74, 6) is 2.13. The Balaban J connectivity index is 1.54. The Kier molecular flexibility index (Phi) is 9.40. The topological polar surface area (TPSA) is 24.9 Å². The molecule has 32 heavy (non-hydrogen) atoms. The molecule has 0 bridgehead atoms. The fourth-order valence-electron chi connectivity index (χ4n) is 4.68. The molecule has 4 nitrogen and oxygen atoms in total. The van der Waals surface area contributed by atoms with Gasteiger partial charge < -0.3 is 0 Å². The predicted octanol–water partition coefficient (Wildman–Crippen LogP) is 2.95. The Labute approximate surface area is 204 Å². The van der Waals surface area contributed by atoms with Gasteiger partial charge in [-0.25, -0.2) is 0 Å². The summed E-state index contributed by atoms with van der Waals surface area (Å²) in [6.45, 7) is 7.00. The number of methoxy groups -OCH3 is 2. The zero-order valence-corrected chi connectivity index (χ0v) is 22.9. The zero-order valence-electron chi connectivity index (χ0n) is 19.5. The van der Waals surface area contributed by atoms with Crippen molar-refractivity contribution in [3.05, 3.63) is 47.5 Å². The Bertz CT molecular complexity index is 793. The number of hydrogen-bond donors (Lipinski definition) is 0. The van der Waals surface area contributed by atoms with E-state index in [1.54, 1.807) is 0 Å². The average molecular weight is 567 g/mol. The van der Waals surface area contributed by atoms with Crippen LogP contribution in [0.2, 0.25) is 0 Å². The van der Waals surface area contributed by atoms with Crippen molar-refractivity contribution in [2.75, 3.05) is 40.4 Å². The number of piperidine rings is 2. The van der Waals surface area contributed by atoms with Gasteiger partial charge in [-0.05, 0) is 0 Å². The van der Waals surface area contributed by atoms with Gasteiger partial charge in [0.2, 0.25) is 0 Å². The Morgan fingerprint density at radius 2 is 1.03 bits per heavy atom. The van der Waals surface area contributed by atoms with Crippen molar-refractivity contribution in [3.63, 3.8) is 0 Å². The summed E-state index contributed by atoms with van der Waals surface area (Å²) in [5.41, 5.74) is 2.92. The summed E-state index contributed by atoms with van der Waals surface area (Å²) in [4.78, 5) is 5.24. The molecule has 0 atom stereocenters. The third-order valence-corrected chi connectivity index (χ3v) is 13.8. The summed E-state index contributed by atoms with van der Waals surface area (Å²) in [6.07, 6.45) is 8.07. The number of rotatable bonds is 9. The van der Waals surface area contributed by atoms with Crippen LogP contribution in [0.4, 0.5) is 0 Å². The summed E-state index contributed by atoms with van der Waals surface area (Å²) >= 11 is 0.687. The van der Waals surface area contributed by atoms with Gasteiger partial charge in [-0.3, -0.25) is 0 Å². The molecule has 0 radical (unpaired) electrons. The molecule has 6 heteroatoms. The van der Waals surface area contributed by atoms with Crippen molar-refractivity contribution in [3.8, 4) is 11.5 Å². The van der Waals surface area contributed by atoms with Crippen molar-refractivity contribution >= 4 is 35.2 Å². The molecule has 2 aromatic rings. The summed E-state index contributed by atoms with van der Waals surface area (Å²) in [6, 6.07) is 13.3. The van der Waals surface area contributed by atoms with E-state index in [9.17, 15) is 0 Å². The zero-order chi connectivity index (χ0) is 22.2. The van der Waals surface area contributed by atoms with Crippen LogP contribution in [-0.2, 0) is 13.1 Å². The maximum absolute atomic E-state index is 5.84. The van der Waals surface area contributed by atoms with Crippen LogP contribution in [0.25, 0.3) is 0 Å². The van der Waals surface area contributed by atoms with E-state index in [1.165, 1.54) is 84.8 Å². The second kappa shape index (κ2) is 12.5. The van der Waals surface area contributed by atoms with Crippen molar-refractivity contribution in [2.24, 2.45) is 0 Å². The van der Waals surface area contributed by atoms with E-state index in [0.29, 0.717) is 26.3 Å². The summed E-state index contributed by atoms with van der Waals surface area (Å²) in [7, 11) is 3.63. The Morgan fingerprint density at radius 3 is 1.41 bits per heavy atom. The van der Waals surface area contributed by atoms with Crippen molar-refractivity contribution in [1.82, 2.24) is 9.80 Å². The van der Waals surface area contributed by atoms with Gasteiger partial charge in [0.1, 0.15) is 0 Å². The molecular formula is C26H36N2O2Se2. The van der Waals surface area contributed by atoms with Crippen LogP contribution >= 0.6 is 0 Å². The van der Waals surface area contributed by atoms with E-state index >= 15 is 0 Å². The van der Waals surface area contributed by atoms with Gasteiger partial charge in [-0.15, -0.1) is 0 Å². The number of ether oxygens (including phenoxy) is 2. The van der Waals surface area contributed by atoms with Crippen LogP contribution < -0.4 is 18.4 Å². The van der Waals surface area contributed by atoms with Crippen LogP contribution in [-0.4, -0.2) is 76.5 Å². The second-order valence-electron chi connectivity index (χ2n) is 8.74. The van der Waals surface area contributed by atoms with Crippen molar-refractivity contribution in [2.45, 2.75) is 51.6 Å². The van der Waals surface area contributed by atoms with Gasteiger partial charge in [0.05, 0.1) is 0 Å². The third kappa shape index (κ3) is 6.32. The van der Waals surface area contributed by atoms with E-state index in [0.717, 1.165) is 24.6 Å². The van der Waals surface area contributed by atoms with Crippen molar-refractivity contribution < 1.29 is 9.47 Å². The van der Waals surface area contributed by atoms with E-state index in [4.69, 9.17) is 9.47 Å². The molecule has 4 rings (SSSR count). The molecule has 0 N–H and O–H groups in total.